The second-order valence-corrected chi connectivity index (χ2v) is 8.27. The Balaban J connectivity index is 1.43. The summed E-state index contributed by atoms with van der Waals surface area (Å²) in [6.45, 7) is 6.43. The van der Waals surface area contributed by atoms with Crippen LogP contribution in [0.15, 0.2) is 41.3 Å². The third kappa shape index (κ3) is 4.31. The van der Waals surface area contributed by atoms with Crippen molar-refractivity contribution >= 4 is 22.4 Å². The maximum Gasteiger partial charge on any atom is 0.255 e. The van der Waals surface area contributed by atoms with Gasteiger partial charge in [0.05, 0.1) is 5.39 Å². The van der Waals surface area contributed by atoms with Crippen molar-refractivity contribution in [2.45, 2.75) is 39.3 Å². The average molecular weight is 415 g/mol. The molecular formula is C23H24ClFN2O2. The Morgan fingerprint density at radius 3 is 2.69 bits per heavy atom. The zero-order chi connectivity index (χ0) is 20.5. The van der Waals surface area contributed by atoms with E-state index in [1.807, 2.05) is 19.1 Å². The number of rotatable bonds is 4. The molecule has 2 heterocycles. The van der Waals surface area contributed by atoms with Gasteiger partial charge in [0.15, 0.2) is 11.6 Å². The van der Waals surface area contributed by atoms with Crippen molar-refractivity contribution in [2.24, 2.45) is 0 Å². The minimum absolute atomic E-state index is 0.0402. The summed E-state index contributed by atoms with van der Waals surface area (Å²) in [5.41, 5.74) is 2.76. The number of fused-ring (bicyclic) bond motifs is 1. The van der Waals surface area contributed by atoms with Crippen molar-refractivity contribution in [1.29, 1.82) is 0 Å². The van der Waals surface area contributed by atoms with E-state index in [0.717, 1.165) is 43.1 Å². The van der Waals surface area contributed by atoms with Crippen molar-refractivity contribution in [3.05, 3.63) is 74.4 Å². The van der Waals surface area contributed by atoms with Crippen LogP contribution in [0, 0.1) is 19.7 Å². The van der Waals surface area contributed by atoms with Gasteiger partial charge in [0.25, 0.3) is 5.56 Å². The number of nitrogens with one attached hydrogen (secondary N) is 1. The Morgan fingerprint density at radius 1 is 1.21 bits per heavy atom. The minimum atomic E-state index is -0.456. The largest absolute Gasteiger partial charge is 0.487 e. The topological polar surface area (TPSA) is 45.3 Å². The van der Waals surface area contributed by atoms with Crippen molar-refractivity contribution in [3.8, 4) is 5.75 Å². The molecule has 0 aliphatic carbocycles. The van der Waals surface area contributed by atoms with E-state index in [0.29, 0.717) is 16.3 Å². The fraction of sp³-hybridized carbons (Fsp3) is 0.348. The summed E-state index contributed by atoms with van der Waals surface area (Å²) in [5.74, 6) is -0.238. The molecule has 4 nitrogen and oxygen atoms in total. The molecule has 1 aromatic heterocycles. The highest BCUT2D eigenvalue weighted by Crippen LogP contribution is 2.29. The van der Waals surface area contributed by atoms with Crippen LogP contribution in [-0.4, -0.2) is 29.1 Å². The van der Waals surface area contributed by atoms with Gasteiger partial charge < -0.3 is 9.72 Å². The molecule has 0 amide bonds. The van der Waals surface area contributed by atoms with E-state index >= 15 is 4.39 Å². The predicted molar refractivity (Wildman–Crippen MR) is 114 cm³/mol. The first kappa shape index (κ1) is 19.9. The number of aromatic amines is 1. The summed E-state index contributed by atoms with van der Waals surface area (Å²) in [4.78, 5) is 16.9. The van der Waals surface area contributed by atoms with Crippen molar-refractivity contribution in [2.75, 3.05) is 13.1 Å². The van der Waals surface area contributed by atoms with Gasteiger partial charge in [-0.25, -0.2) is 4.39 Å². The van der Waals surface area contributed by atoms with Crippen LogP contribution in [0.1, 0.15) is 29.5 Å². The molecule has 3 aromatic rings. The van der Waals surface area contributed by atoms with Crippen LogP contribution in [0.3, 0.4) is 0 Å². The van der Waals surface area contributed by atoms with Gasteiger partial charge >= 0.3 is 0 Å². The normalized spacial score (nSPS) is 15.7. The average Bonchev–Trinajstić information content (AvgIpc) is 2.67. The van der Waals surface area contributed by atoms with Crippen LogP contribution >= 0.6 is 11.6 Å². The lowest BCUT2D eigenvalue weighted by atomic mass is 10.0. The van der Waals surface area contributed by atoms with Crippen LogP contribution in [0.25, 0.3) is 10.8 Å². The molecule has 0 bridgehead atoms. The molecule has 0 spiro atoms. The highest BCUT2D eigenvalue weighted by molar-refractivity contribution is 6.30. The molecule has 0 saturated carbocycles. The van der Waals surface area contributed by atoms with Crippen LogP contribution in [0.2, 0.25) is 5.02 Å². The second kappa shape index (κ2) is 8.17. The predicted octanol–water partition coefficient (Wildman–Crippen LogP) is 4.98. The lowest BCUT2D eigenvalue weighted by Gasteiger charge is -2.32. The zero-order valence-electron chi connectivity index (χ0n) is 16.6. The molecule has 1 N–H and O–H groups in total. The van der Waals surface area contributed by atoms with E-state index in [-0.39, 0.29) is 17.4 Å². The van der Waals surface area contributed by atoms with Gasteiger partial charge in [-0.2, -0.15) is 0 Å². The Labute approximate surface area is 174 Å². The quantitative estimate of drug-likeness (QED) is 0.654. The first-order chi connectivity index (χ1) is 13.9. The molecule has 1 fully saturated rings. The highest BCUT2D eigenvalue weighted by Gasteiger charge is 2.23. The molecule has 1 aliphatic heterocycles. The lowest BCUT2D eigenvalue weighted by molar-refractivity contribution is 0.0938. The number of halogens is 2. The molecule has 0 radical (unpaired) electrons. The molecule has 29 heavy (non-hydrogen) atoms. The Hall–Kier alpha value is -2.37. The van der Waals surface area contributed by atoms with Gasteiger partial charge in [-0.3, -0.25) is 9.69 Å². The molecule has 2 aromatic carbocycles. The summed E-state index contributed by atoms with van der Waals surface area (Å²) in [6, 6.07) is 9.32. The first-order valence-electron chi connectivity index (χ1n) is 9.86. The van der Waals surface area contributed by atoms with Crippen LogP contribution < -0.4 is 10.3 Å². The van der Waals surface area contributed by atoms with Crippen LogP contribution in [-0.2, 0) is 6.54 Å². The van der Waals surface area contributed by atoms with Gasteiger partial charge in [0.2, 0.25) is 0 Å². The van der Waals surface area contributed by atoms with Crippen molar-refractivity contribution in [1.82, 2.24) is 9.88 Å². The van der Waals surface area contributed by atoms with E-state index in [1.54, 1.807) is 19.1 Å². The van der Waals surface area contributed by atoms with E-state index in [9.17, 15) is 4.79 Å². The standard InChI is InChI=1S/C23H24ClFN2O2/c1-14-9-16(11-17(24)10-14)13-27-7-5-18(6-8-27)29-20-4-3-19-21(22(20)25)15(2)12-26-23(19)28/h3-4,9-12,18H,5-8,13H2,1-2H3,(H,26,28). The van der Waals surface area contributed by atoms with Gasteiger partial charge in [-0.1, -0.05) is 17.7 Å². The number of benzene rings is 2. The van der Waals surface area contributed by atoms with E-state index in [2.05, 4.69) is 16.0 Å². The number of hydrogen-bond donors (Lipinski definition) is 1. The Kier molecular flexibility index (Phi) is 5.61. The molecule has 0 atom stereocenters. The maximum atomic E-state index is 15.0. The number of hydrogen-bond acceptors (Lipinski definition) is 3. The first-order valence-corrected chi connectivity index (χ1v) is 10.2. The molecular weight excluding hydrogens is 391 g/mol. The number of aromatic nitrogens is 1. The molecule has 4 rings (SSSR count). The molecule has 1 aliphatic rings. The fourth-order valence-corrected chi connectivity index (χ4v) is 4.39. The number of nitrogens with zero attached hydrogens (tertiary/aromatic N) is 1. The van der Waals surface area contributed by atoms with E-state index < -0.39 is 5.82 Å². The Bertz CT molecular complexity index is 1080. The number of H-pyrrole nitrogens is 1. The monoisotopic (exact) mass is 414 g/mol. The number of aryl methyl sites for hydroxylation is 2. The number of piperidine rings is 1. The van der Waals surface area contributed by atoms with Gasteiger partial charge in [0.1, 0.15) is 6.10 Å². The summed E-state index contributed by atoms with van der Waals surface area (Å²) in [6.07, 6.45) is 3.14. The molecule has 0 unspecified atom stereocenters. The fourth-order valence-electron chi connectivity index (χ4n) is 4.07. The van der Waals surface area contributed by atoms with Crippen LogP contribution in [0.4, 0.5) is 4.39 Å². The number of ether oxygens (including phenoxy) is 1. The summed E-state index contributed by atoms with van der Waals surface area (Å²) < 4.78 is 21.0. The lowest BCUT2D eigenvalue weighted by Crippen LogP contribution is -2.37. The summed E-state index contributed by atoms with van der Waals surface area (Å²) in [7, 11) is 0. The smallest absolute Gasteiger partial charge is 0.255 e. The SMILES string of the molecule is Cc1cc(Cl)cc(CN2CCC(Oc3ccc4c(=O)[nH]cc(C)c4c3F)CC2)c1. The van der Waals surface area contributed by atoms with Crippen molar-refractivity contribution in [3.63, 3.8) is 0 Å². The number of likely N-dealkylation sites (tertiary alicyclic amines) is 1. The number of pyridine rings is 1. The summed E-state index contributed by atoms with van der Waals surface area (Å²) in [5, 5.41) is 1.45. The molecule has 152 valence electrons. The molecule has 6 heteroatoms. The minimum Gasteiger partial charge on any atom is -0.487 e. The Morgan fingerprint density at radius 2 is 1.97 bits per heavy atom. The van der Waals surface area contributed by atoms with E-state index in [4.69, 9.17) is 16.3 Å². The van der Waals surface area contributed by atoms with Gasteiger partial charge in [0, 0.05) is 36.2 Å². The molecule has 1 saturated heterocycles. The van der Waals surface area contributed by atoms with Gasteiger partial charge in [-0.15, -0.1) is 0 Å². The highest BCUT2D eigenvalue weighted by atomic mass is 35.5. The third-order valence-corrected chi connectivity index (χ3v) is 5.72. The van der Waals surface area contributed by atoms with Crippen LogP contribution in [0.5, 0.6) is 5.75 Å². The summed E-state index contributed by atoms with van der Waals surface area (Å²) >= 11 is 6.16. The van der Waals surface area contributed by atoms with E-state index in [1.165, 1.54) is 11.8 Å². The van der Waals surface area contributed by atoms with Gasteiger partial charge in [-0.05, 0) is 67.6 Å². The third-order valence-electron chi connectivity index (χ3n) is 5.50. The zero-order valence-corrected chi connectivity index (χ0v) is 17.4. The maximum absolute atomic E-state index is 15.0. The van der Waals surface area contributed by atoms with Crippen molar-refractivity contribution < 1.29 is 9.13 Å². The second-order valence-electron chi connectivity index (χ2n) is 7.83.